The fourth-order valence-electron chi connectivity index (χ4n) is 1.79. The average molecular weight is 305 g/mol. The topological polar surface area (TPSA) is 119 Å². The molecule has 1 aromatic heterocycles. The lowest BCUT2D eigenvalue weighted by atomic mass is 9.89. The molecule has 7 nitrogen and oxygen atoms in total. The maximum absolute atomic E-state index is 12.0. The second-order valence-electron chi connectivity index (χ2n) is 4.65. The van der Waals surface area contributed by atoms with Gasteiger partial charge in [-0.25, -0.2) is 26.5 Å². The smallest absolute Gasteiger partial charge is 0.242 e. The maximum atomic E-state index is 12.0. The number of nitrogens with two attached hydrogens (primary N) is 1. The molecule has 106 valence electrons. The van der Waals surface area contributed by atoms with E-state index in [1.165, 1.54) is 12.1 Å². The Bertz CT molecular complexity index is 661. The molecule has 1 aliphatic rings. The van der Waals surface area contributed by atoms with Gasteiger partial charge in [-0.3, -0.25) is 0 Å². The number of aromatic nitrogens is 1. The summed E-state index contributed by atoms with van der Waals surface area (Å²) in [6, 6.07) is 2.29. The van der Waals surface area contributed by atoms with Crippen LogP contribution in [-0.4, -0.2) is 40.2 Å². The standard InChI is InChI=1S/C10H15N3O4S2/c1-18(14,15)10-3-2-9(6-12-10)19(16,17)13-8-4-7(11)5-8/h2-3,6-8,13H,4-5,11H2,1H3. The van der Waals surface area contributed by atoms with Crippen molar-refractivity contribution < 1.29 is 16.8 Å². The lowest BCUT2D eigenvalue weighted by molar-refractivity contribution is 0.327. The van der Waals surface area contributed by atoms with E-state index in [9.17, 15) is 16.8 Å². The van der Waals surface area contributed by atoms with Crippen molar-refractivity contribution >= 4 is 19.9 Å². The Morgan fingerprint density at radius 2 is 1.89 bits per heavy atom. The summed E-state index contributed by atoms with van der Waals surface area (Å²) in [6.07, 6.45) is 3.26. The van der Waals surface area contributed by atoms with Crippen LogP contribution >= 0.6 is 0 Å². The summed E-state index contributed by atoms with van der Waals surface area (Å²) in [4.78, 5) is 3.60. The second-order valence-corrected chi connectivity index (χ2v) is 8.33. The molecule has 0 unspecified atom stereocenters. The monoisotopic (exact) mass is 305 g/mol. The summed E-state index contributed by atoms with van der Waals surface area (Å²) < 4.78 is 48.9. The van der Waals surface area contributed by atoms with E-state index in [1.807, 2.05) is 0 Å². The molecule has 9 heteroatoms. The average Bonchev–Trinajstić information content (AvgIpc) is 2.26. The van der Waals surface area contributed by atoms with Crippen molar-refractivity contribution in [2.45, 2.75) is 34.8 Å². The first-order valence-electron chi connectivity index (χ1n) is 5.62. The van der Waals surface area contributed by atoms with E-state index < -0.39 is 19.9 Å². The van der Waals surface area contributed by atoms with Crippen LogP contribution in [0.5, 0.6) is 0 Å². The largest absolute Gasteiger partial charge is 0.328 e. The molecular weight excluding hydrogens is 290 g/mol. The molecule has 1 aliphatic carbocycles. The molecule has 19 heavy (non-hydrogen) atoms. The summed E-state index contributed by atoms with van der Waals surface area (Å²) in [6.45, 7) is 0. The van der Waals surface area contributed by atoms with Gasteiger partial charge in [0.1, 0.15) is 4.90 Å². The van der Waals surface area contributed by atoms with Gasteiger partial charge in [0.25, 0.3) is 0 Å². The van der Waals surface area contributed by atoms with Gasteiger partial charge < -0.3 is 5.73 Å². The molecule has 0 aliphatic heterocycles. The molecular formula is C10H15N3O4S2. The third-order valence-electron chi connectivity index (χ3n) is 2.90. The van der Waals surface area contributed by atoms with Crippen LogP contribution in [-0.2, 0) is 19.9 Å². The molecule has 0 spiro atoms. The summed E-state index contributed by atoms with van der Waals surface area (Å²) in [5, 5.41) is -0.155. The van der Waals surface area contributed by atoms with Crippen molar-refractivity contribution in [3.8, 4) is 0 Å². The predicted octanol–water partition coefficient (Wildman–Crippen LogP) is -0.747. The highest BCUT2D eigenvalue weighted by atomic mass is 32.2. The van der Waals surface area contributed by atoms with Crippen molar-refractivity contribution in [2.75, 3.05) is 6.26 Å². The summed E-state index contributed by atoms with van der Waals surface area (Å²) in [5.41, 5.74) is 5.58. The molecule has 3 N–H and O–H groups in total. The van der Waals surface area contributed by atoms with Crippen LogP contribution in [0.4, 0.5) is 0 Å². The van der Waals surface area contributed by atoms with Gasteiger partial charge in [-0.05, 0) is 25.0 Å². The second kappa shape index (κ2) is 4.82. The van der Waals surface area contributed by atoms with Crippen molar-refractivity contribution in [1.29, 1.82) is 0 Å². The lowest BCUT2D eigenvalue weighted by Gasteiger charge is -2.32. The van der Waals surface area contributed by atoms with Gasteiger partial charge in [0, 0.05) is 24.5 Å². The lowest BCUT2D eigenvalue weighted by Crippen LogP contribution is -2.50. The number of nitrogens with zero attached hydrogens (tertiary/aromatic N) is 1. The molecule has 0 aromatic carbocycles. The first-order chi connectivity index (χ1) is 8.68. The van der Waals surface area contributed by atoms with Gasteiger partial charge in [-0.15, -0.1) is 0 Å². The molecule has 0 saturated heterocycles. The number of nitrogens with one attached hydrogen (secondary N) is 1. The number of hydrogen-bond donors (Lipinski definition) is 2. The minimum atomic E-state index is -3.67. The maximum Gasteiger partial charge on any atom is 0.242 e. The molecule has 0 bridgehead atoms. The molecule has 0 amide bonds. The Morgan fingerprint density at radius 3 is 2.32 bits per heavy atom. The van der Waals surface area contributed by atoms with Gasteiger partial charge in [-0.1, -0.05) is 0 Å². The first kappa shape index (κ1) is 14.4. The Labute approximate surface area is 112 Å². The van der Waals surface area contributed by atoms with E-state index in [-0.39, 0.29) is 22.0 Å². The summed E-state index contributed by atoms with van der Waals surface area (Å²) in [5.74, 6) is 0. The van der Waals surface area contributed by atoms with E-state index in [4.69, 9.17) is 5.73 Å². The molecule has 2 rings (SSSR count). The van der Waals surface area contributed by atoms with Crippen LogP contribution < -0.4 is 10.5 Å². The number of sulfonamides is 1. The van der Waals surface area contributed by atoms with E-state index in [2.05, 4.69) is 9.71 Å². The van der Waals surface area contributed by atoms with Gasteiger partial charge >= 0.3 is 0 Å². The fourth-order valence-corrected chi connectivity index (χ4v) is 3.56. The zero-order valence-electron chi connectivity index (χ0n) is 10.3. The van der Waals surface area contributed by atoms with Crippen LogP contribution in [0.25, 0.3) is 0 Å². The van der Waals surface area contributed by atoms with Crippen LogP contribution in [0, 0.1) is 0 Å². The van der Waals surface area contributed by atoms with Crippen LogP contribution in [0.1, 0.15) is 12.8 Å². The third-order valence-corrected chi connectivity index (χ3v) is 5.40. The van der Waals surface area contributed by atoms with E-state index in [0.717, 1.165) is 12.5 Å². The number of hydrogen-bond acceptors (Lipinski definition) is 6. The van der Waals surface area contributed by atoms with Gasteiger partial charge in [0.15, 0.2) is 14.9 Å². The number of rotatable bonds is 4. The zero-order chi connectivity index (χ0) is 14.3. The quantitative estimate of drug-likeness (QED) is 0.755. The van der Waals surface area contributed by atoms with Gasteiger partial charge in [-0.2, -0.15) is 0 Å². The number of pyridine rings is 1. The predicted molar refractivity (Wildman–Crippen MR) is 68.7 cm³/mol. The Balaban J connectivity index is 2.17. The van der Waals surface area contributed by atoms with Crippen LogP contribution in [0.15, 0.2) is 28.3 Å². The normalized spacial score (nSPS) is 23.9. The van der Waals surface area contributed by atoms with Crippen molar-refractivity contribution in [3.63, 3.8) is 0 Å². The highest BCUT2D eigenvalue weighted by Gasteiger charge is 2.30. The molecule has 1 aromatic rings. The van der Waals surface area contributed by atoms with Crippen molar-refractivity contribution in [1.82, 2.24) is 9.71 Å². The minimum absolute atomic E-state index is 0.0402. The zero-order valence-corrected chi connectivity index (χ0v) is 11.9. The molecule has 0 atom stereocenters. The fraction of sp³-hybridized carbons (Fsp3) is 0.500. The van der Waals surface area contributed by atoms with Crippen LogP contribution in [0.2, 0.25) is 0 Å². The highest BCUT2D eigenvalue weighted by Crippen LogP contribution is 2.20. The third kappa shape index (κ3) is 3.30. The summed E-state index contributed by atoms with van der Waals surface area (Å²) >= 11 is 0. The molecule has 1 saturated carbocycles. The van der Waals surface area contributed by atoms with Crippen molar-refractivity contribution in [3.05, 3.63) is 18.3 Å². The SMILES string of the molecule is CS(=O)(=O)c1ccc(S(=O)(=O)NC2CC(N)C2)cn1. The van der Waals surface area contributed by atoms with Gasteiger partial charge in [0.05, 0.1) is 0 Å². The molecule has 1 heterocycles. The minimum Gasteiger partial charge on any atom is -0.328 e. The molecule has 1 fully saturated rings. The van der Waals surface area contributed by atoms with Gasteiger partial charge in [0.2, 0.25) is 10.0 Å². The highest BCUT2D eigenvalue weighted by molar-refractivity contribution is 7.90. The van der Waals surface area contributed by atoms with Crippen LogP contribution in [0.3, 0.4) is 0 Å². The van der Waals surface area contributed by atoms with E-state index >= 15 is 0 Å². The Hall–Kier alpha value is -1.03. The Kier molecular flexibility index (Phi) is 3.65. The summed E-state index contributed by atoms with van der Waals surface area (Å²) in [7, 11) is -7.10. The first-order valence-corrected chi connectivity index (χ1v) is 9.00. The van der Waals surface area contributed by atoms with E-state index in [0.29, 0.717) is 12.8 Å². The Morgan fingerprint density at radius 1 is 1.26 bits per heavy atom. The molecule has 0 radical (unpaired) electrons. The van der Waals surface area contributed by atoms with E-state index in [1.54, 1.807) is 0 Å². The number of sulfone groups is 1. The van der Waals surface area contributed by atoms with Crippen molar-refractivity contribution in [2.24, 2.45) is 5.73 Å².